The summed E-state index contributed by atoms with van der Waals surface area (Å²) in [5.74, 6) is -0.200. The van der Waals surface area contributed by atoms with Gasteiger partial charge in [-0.25, -0.2) is 4.79 Å². The van der Waals surface area contributed by atoms with Gasteiger partial charge in [-0.05, 0) is 29.8 Å². The van der Waals surface area contributed by atoms with Gasteiger partial charge in [-0.15, -0.1) is 0 Å². The number of methoxy groups -OCH3 is 1. The summed E-state index contributed by atoms with van der Waals surface area (Å²) < 4.78 is 11.5. The highest BCUT2D eigenvalue weighted by molar-refractivity contribution is 9.10. The Morgan fingerprint density at radius 3 is 2.67 bits per heavy atom. The van der Waals surface area contributed by atoms with Crippen molar-refractivity contribution in [3.8, 4) is 5.75 Å². The molecule has 0 aliphatic rings. The number of hydrogen-bond donors (Lipinski definition) is 1. The number of halogens is 1. The fourth-order valence-corrected chi connectivity index (χ4v) is 2.34. The summed E-state index contributed by atoms with van der Waals surface area (Å²) in [7, 11) is 1.65. The van der Waals surface area contributed by atoms with E-state index >= 15 is 0 Å². The van der Waals surface area contributed by atoms with Crippen molar-refractivity contribution in [3.63, 3.8) is 0 Å². The summed E-state index contributed by atoms with van der Waals surface area (Å²) in [5, 5.41) is 8.93. The first-order valence-corrected chi connectivity index (χ1v) is 7.12. The van der Waals surface area contributed by atoms with Crippen LogP contribution in [0.2, 0.25) is 0 Å². The first-order chi connectivity index (χ1) is 10.1. The van der Waals surface area contributed by atoms with Crippen LogP contribution >= 0.6 is 15.9 Å². The second-order valence-electron chi connectivity index (χ2n) is 4.48. The highest BCUT2D eigenvalue weighted by atomic mass is 79.9. The fourth-order valence-electron chi connectivity index (χ4n) is 1.85. The van der Waals surface area contributed by atoms with Gasteiger partial charge in [-0.2, -0.15) is 0 Å². The zero-order chi connectivity index (χ0) is 15.2. The maximum Gasteiger partial charge on any atom is 0.335 e. The Kier molecular flexibility index (Phi) is 5.36. The lowest BCUT2D eigenvalue weighted by Gasteiger charge is -2.10. The topological polar surface area (TPSA) is 55.8 Å². The summed E-state index contributed by atoms with van der Waals surface area (Å²) in [6.07, 6.45) is 0. The molecule has 5 heteroatoms. The highest BCUT2D eigenvalue weighted by Gasteiger charge is 2.07. The molecule has 0 bridgehead atoms. The van der Waals surface area contributed by atoms with Crippen molar-refractivity contribution < 1.29 is 19.4 Å². The quantitative estimate of drug-likeness (QED) is 0.858. The zero-order valence-corrected chi connectivity index (χ0v) is 13.1. The predicted octanol–water partition coefficient (Wildman–Crippen LogP) is 3.87. The first kappa shape index (κ1) is 15.5. The van der Waals surface area contributed by atoms with E-state index in [2.05, 4.69) is 15.9 Å². The number of carboxylic acid groups (broad SMARTS) is 1. The Balaban J connectivity index is 2.06. The minimum atomic E-state index is -0.949. The number of hydrogen-bond acceptors (Lipinski definition) is 3. The van der Waals surface area contributed by atoms with Gasteiger partial charge in [0.25, 0.3) is 0 Å². The third-order valence-corrected chi connectivity index (χ3v) is 3.64. The molecule has 0 aromatic heterocycles. The molecule has 0 radical (unpaired) electrons. The summed E-state index contributed by atoms with van der Waals surface area (Å²) in [4.78, 5) is 10.9. The molecular formula is C16H15BrO4. The van der Waals surface area contributed by atoms with E-state index in [1.165, 1.54) is 0 Å². The molecule has 0 unspecified atom stereocenters. The van der Waals surface area contributed by atoms with E-state index in [0.29, 0.717) is 13.2 Å². The lowest BCUT2D eigenvalue weighted by atomic mass is 10.1. The lowest BCUT2D eigenvalue weighted by molar-refractivity contribution is 0.0696. The second-order valence-corrected chi connectivity index (χ2v) is 5.33. The van der Waals surface area contributed by atoms with Crippen LogP contribution in [0.25, 0.3) is 0 Å². The smallest absolute Gasteiger partial charge is 0.335 e. The van der Waals surface area contributed by atoms with E-state index in [1.807, 2.05) is 24.3 Å². The minimum absolute atomic E-state index is 0.243. The van der Waals surface area contributed by atoms with Gasteiger partial charge >= 0.3 is 5.97 Å². The van der Waals surface area contributed by atoms with Gasteiger partial charge in [0.2, 0.25) is 0 Å². The van der Waals surface area contributed by atoms with Gasteiger partial charge in [-0.3, -0.25) is 0 Å². The molecule has 2 aromatic carbocycles. The Morgan fingerprint density at radius 2 is 2.00 bits per heavy atom. The predicted molar refractivity (Wildman–Crippen MR) is 82.6 cm³/mol. The fraction of sp³-hybridized carbons (Fsp3) is 0.188. The van der Waals surface area contributed by atoms with Gasteiger partial charge in [-0.1, -0.05) is 34.1 Å². The number of benzene rings is 2. The Bertz CT molecular complexity index is 640. The van der Waals surface area contributed by atoms with E-state index in [4.69, 9.17) is 14.6 Å². The molecule has 0 atom stereocenters. The minimum Gasteiger partial charge on any atom is -0.489 e. The molecular weight excluding hydrogens is 336 g/mol. The van der Waals surface area contributed by atoms with Crippen LogP contribution in [0.15, 0.2) is 46.9 Å². The van der Waals surface area contributed by atoms with E-state index in [9.17, 15) is 4.79 Å². The molecule has 2 rings (SSSR count). The third-order valence-electron chi connectivity index (χ3n) is 2.90. The summed E-state index contributed by atoms with van der Waals surface area (Å²) >= 11 is 3.36. The zero-order valence-electron chi connectivity index (χ0n) is 11.5. The first-order valence-electron chi connectivity index (χ1n) is 6.32. The Labute approximate surface area is 131 Å². The molecule has 0 saturated heterocycles. The standard InChI is InChI=1S/C16H15BrO4/c1-20-9-11-3-2-4-14(7-11)21-10-13-6-5-12(16(18)19)8-15(13)17/h2-8H,9-10H2,1H3,(H,18,19). The molecule has 110 valence electrons. The van der Waals surface area contributed by atoms with Crippen molar-refractivity contribution in [3.05, 3.63) is 63.6 Å². The van der Waals surface area contributed by atoms with E-state index in [1.54, 1.807) is 25.3 Å². The normalized spacial score (nSPS) is 10.4. The van der Waals surface area contributed by atoms with Crippen LogP contribution in [0, 0.1) is 0 Å². The maximum atomic E-state index is 10.9. The summed E-state index contributed by atoms with van der Waals surface area (Å²) in [6, 6.07) is 12.5. The molecule has 0 heterocycles. The number of carboxylic acids is 1. The molecule has 4 nitrogen and oxygen atoms in total. The van der Waals surface area contributed by atoms with Crippen LogP contribution in [-0.2, 0) is 18.0 Å². The largest absolute Gasteiger partial charge is 0.489 e. The number of carbonyl (C=O) groups is 1. The average molecular weight is 351 g/mol. The maximum absolute atomic E-state index is 10.9. The van der Waals surface area contributed by atoms with Crippen LogP contribution in [-0.4, -0.2) is 18.2 Å². The van der Waals surface area contributed by atoms with Gasteiger partial charge < -0.3 is 14.6 Å². The molecule has 0 fully saturated rings. The van der Waals surface area contributed by atoms with Crippen molar-refractivity contribution in [2.45, 2.75) is 13.2 Å². The van der Waals surface area contributed by atoms with Crippen molar-refractivity contribution in [2.75, 3.05) is 7.11 Å². The molecule has 0 spiro atoms. The van der Waals surface area contributed by atoms with Crippen LogP contribution < -0.4 is 4.74 Å². The Morgan fingerprint density at radius 1 is 1.19 bits per heavy atom. The van der Waals surface area contributed by atoms with Crippen molar-refractivity contribution in [2.24, 2.45) is 0 Å². The SMILES string of the molecule is COCc1cccc(OCc2ccc(C(=O)O)cc2Br)c1. The molecule has 0 amide bonds. The van der Waals surface area contributed by atoms with Crippen LogP contribution in [0.5, 0.6) is 5.75 Å². The molecule has 0 saturated carbocycles. The van der Waals surface area contributed by atoms with Gasteiger partial charge in [0.1, 0.15) is 12.4 Å². The van der Waals surface area contributed by atoms with Gasteiger partial charge in [0.15, 0.2) is 0 Å². The van der Waals surface area contributed by atoms with Gasteiger partial charge in [0.05, 0.1) is 12.2 Å². The average Bonchev–Trinajstić information content (AvgIpc) is 2.46. The summed E-state index contributed by atoms with van der Waals surface area (Å²) in [5.41, 5.74) is 2.17. The number of ether oxygens (including phenoxy) is 2. The third kappa shape index (κ3) is 4.31. The Hall–Kier alpha value is -1.85. The number of rotatable bonds is 6. The molecule has 0 aliphatic heterocycles. The van der Waals surface area contributed by atoms with Gasteiger partial charge in [0, 0.05) is 17.1 Å². The van der Waals surface area contributed by atoms with Crippen molar-refractivity contribution in [1.29, 1.82) is 0 Å². The van der Waals surface area contributed by atoms with E-state index < -0.39 is 5.97 Å². The molecule has 2 aromatic rings. The monoisotopic (exact) mass is 350 g/mol. The molecule has 21 heavy (non-hydrogen) atoms. The second kappa shape index (κ2) is 7.24. The van der Waals surface area contributed by atoms with Crippen molar-refractivity contribution >= 4 is 21.9 Å². The molecule has 0 aliphatic carbocycles. The van der Waals surface area contributed by atoms with Crippen LogP contribution in [0.1, 0.15) is 21.5 Å². The summed E-state index contributed by atoms with van der Waals surface area (Å²) in [6.45, 7) is 0.894. The lowest BCUT2D eigenvalue weighted by Crippen LogP contribution is -2.00. The van der Waals surface area contributed by atoms with Crippen LogP contribution in [0.4, 0.5) is 0 Å². The number of aromatic carboxylic acids is 1. The highest BCUT2D eigenvalue weighted by Crippen LogP contribution is 2.22. The van der Waals surface area contributed by atoms with Crippen LogP contribution in [0.3, 0.4) is 0 Å². The van der Waals surface area contributed by atoms with Crippen molar-refractivity contribution in [1.82, 2.24) is 0 Å². The van der Waals surface area contributed by atoms with E-state index in [-0.39, 0.29) is 5.56 Å². The molecule has 1 N–H and O–H groups in total. The van der Waals surface area contributed by atoms with E-state index in [0.717, 1.165) is 21.3 Å².